The van der Waals surface area contributed by atoms with Crippen molar-refractivity contribution in [2.24, 2.45) is 0 Å². The normalized spacial score (nSPS) is 10.0. The molecule has 0 aliphatic heterocycles. The van der Waals surface area contributed by atoms with Gasteiger partial charge >= 0.3 is 0 Å². The second-order valence-corrected chi connectivity index (χ2v) is 5.48. The SMILES string of the molecule is CCCOc1ccc(C(=O)NNC(=O)COc2ccc(C)cc2)cc1. The molecule has 2 amide bonds. The van der Waals surface area contributed by atoms with E-state index in [1.807, 2.05) is 26.0 Å². The highest BCUT2D eigenvalue weighted by Crippen LogP contribution is 2.12. The summed E-state index contributed by atoms with van der Waals surface area (Å²) in [5, 5.41) is 0. The molecular weight excluding hydrogens is 320 g/mol. The van der Waals surface area contributed by atoms with E-state index in [1.54, 1.807) is 36.4 Å². The molecule has 6 heteroatoms. The van der Waals surface area contributed by atoms with Gasteiger partial charge in [-0.05, 0) is 49.7 Å². The van der Waals surface area contributed by atoms with Crippen molar-refractivity contribution in [2.45, 2.75) is 20.3 Å². The number of benzene rings is 2. The van der Waals surface area contributed by atoms with E-state index in [1.165, 1.54) is 0 Å². The summed E-state index contributed by atoms with van der Waals surface area (Å²) in [6, 6.07) is 14.0. The summed E-state index contributed by atoms with van der Waals surface area (Å²) in [5.74, 6) is 0.436. The summed E-state index contributed by atoms with van der Waals surface area (Å²) in [7, 11) is 0. The van der Waals surface area contributed by atoms with Crippen LogP contribution in [0.4, 0.5) is 0 Å². The highest BCUT2D eigenvalue weighted by atomic mass is 16.5. The van der Waals surface area contributed by atoms with Gasteiger partial charge in [0.05, 0.1) is 6.61 Å². The zero-order valence-electron chi connectivity index (χ0n) is 14.4. The fourth-order valence-corrected chi connectivity index (χ4v) is 1.94. The Kier molecular flexibility index (Phi) is 6.83. The maximum atomic E-state index is 12.0. The zero-order valence-corrected chi connectivity index (χ0v) is 14.4. The Morgan fingerprint density at radius 1 is 0.880 bits per heavy atom. The number of rotatable bonds is 7. The third kappa shape index (κ3) is 6.18. The van der Waals surface area contributed by atoms with Crippen LogP contribution in [0.25, 0.3) is 0 Å². The molecule has 2 aromatic rings. The first kappa shape index (κ1) is 18.3. The van der Waals surface area contributed by atoms with Crippen molar-refractivity contribution in [3.63, 3.8) is 0 Å². The monoisotopic (exact) mass is 342 g/mol. The third-order valence-electron chi connectivity index (χ3n) is 3.30. The summed E-state index contributed by atoms with van der Waals surface area (Å²) >= 11 is 0. The third-order valence-corrected chi connectivity index (χ3v) is 3.30. The van der Waals surface area contributed by atoms with Gasteiger partial charge in [-0.25, -0.2) is 0 Å². The second kappa shape index (κ2) is 9.32. The lowest BCUT2D eigenvalue weighted by Gasteiger charge is -2.09. The molecule has 0 atom stereocenters. The van der Waals surface area contributed by atoms with E-state index in [2.05, 4.69) is 10.9 Å². The molecule has 0 aromatic heterocycles. The van der Waals surface area contributed by atoms with Gasteiger partial charge in [0.15, 0.2) is 6.61 Å². The molecule has 2 N–H and O–H groups in total. The van der Waals surface area contributed by atoms with Gasteiger partial charge in [-0.3, -0.25) is 20.4 Å². The fourth-order valence-electron chi connectivity index (χ4n) is 1.94. The Morgan fingerprint density at radius 2 is 1.48 bits per heavy atom. The lowest BCUT2D eigenvalue weighted by Crippen LogP contribution is -2.43. The number of aryl methyl sites for hydroxylation is 1. The first-order valence-electron chi connectivity index (χ1n) is 8.10. The highest BCUT2D eigenvalue weighted by molar-refractivity contribution is 5.95. The van der Waals surface area contributed by atoms with Gasteiger partial charge in [-0.2, -0.15) is 0 Å². The van der Waals surface area contributed by atoms with E-state index < -0.39 is 11.8 Å². The number of carbonyl (C=O) groups excluding carboxylic acids is 2. The Balaban J connectivity index is 1.74. The van der Waals surface area contributed by atoms with Gasteiger partial charge in [0.1, 0.15) is 11.5 Å². The molecule has 0 radical (unpaired) electrons. The number of nitrogens with one attached hydrogen (secondary N) is 2. The van der Waals surface area contributed by atoms with Gasteiger partial charge in [0.25, 0.3) is 11.8 Å². The van der Waals surface area contributed by atoms with Crippen LogP contribution in [0.5, 0.6) is 11.5 Å². The van der Waals surface area contributed by atoms with Gasteiger partial charge < -0.3 is 9.47 Å². The predicted molar refractivity (Wildman–Crippen MR) is 94.5 cm³/mol. The molecule has 0 fully saturated rings. The molecule has 0 aliphatic carbocycles. The average molecular weight is 342 g/mol. The van der Waals surface area contributed by atoms with E-state index in [0.717, 1.165) is 12.0 Å². The lowest BCUT2D eigenvalue weighted by atomic mass is 10.2. The van der Waals surface area contributed by atoms with Crippen LogP contribution >= 0.6 is 0 Å². The van der Waals surface area contributed by atoms with Crippen LogP contribution < -0.4 is 20.3 Å². The first-order valence-corrected chi connectivity index (χ1v) is 8.10. The van der Waals surface area contributed by atoms with Crippen molar-refractivity contribution < 1.29 is 19.1 Å². The molecule has 0 heterocycles. The molecule has 6 nitrogen and oxygen atoms in total. The Morgan fingerprint density at radius 3 is 2.12 bits per heavy atom. The van der Waals surface area contributed by atoms with Crippen LogP contribution in [0, 0.1) is 6.92 Å². The van der Waals surface area contributed by atoms with Crippen molar-refractivity contribution in [1.82, 2.24) is 10.9 Å². The Hall–Kier alpha value is -3.02. The van der Waals surface area contributed by atoms with E-state index in [4.69, 9.17) is 9.47 Å². The maximum Gasteiger partial charge on any atom is 0.276 e. The fraction of sp³-hybridized carbons (Fsp3) is 0.263. The molecule has 0 unspecified atom stereocenters. The van der Waals surface area contributed by atoms with E-state index in [0.29, 0.717) is 23.7 Å². The summed E-state index contributed by atoms with van der Waals surface area (Å²) in [6.07, 6.45) is 0.916. The quantitative estimate of drug-likeness (QED) is 0.759. The van der Waals surface area contributed by atoms with Crippen LogP contribution in [0.1, 0.15) is 29.3 Å². The molecule has 0 bridgehead atoms. The van der Waals surface area contributed by atoms with Crippen LogP contribution in [-0.2, 0) is 4.79 Å². The van der Waals surface area contributed by atoms with Crippen LogP contribution in [0.15, 0.2) is 48.5 Å². The number of ether oxygens (including phenoxy) is 2. The molecular formula is C19H22N2O4. The Labute approximate surface area is 147 Å². The molecule has 0 aliphatic rings. The zero-order chi connectivity index (χ0) is 18.1. The molecule has 2 rings (SSSR count). The Bertz CT molecular complexity index is 696. The predicted octanol–water partition coefficient (Wildman–Crippen LogP) is 2.62. The summed E-state index contributed by atoms with van der Waals surface area (Å²) in [6.45, 7) is 4.43. The van der Waals surface area contributed by atoms with Gasteiger partial charge in [0, 0.05) is 5.56 Å². The van der Waals surface area contributed by atoms with Crippen LogP contribution in [0.2, 0.25) is 0 Å². The van der Waals surface area contributed by atoms with E-state index in [-0.39, 0.29) is 6.61 Å². The molecule has 2 aromatic carbocycles. The van der Waals surface area contributed by atoms with Crippen LogP contribution in [0.3, 0.4) is 0 Å². The molecule has 0 spiro atoms. The summed E-state index contributed by atoms with van der Waals surface area (Å²) in [4.78, 5) is 23.7. The number of carbonyl (C=O) groups is 2. The largest absolute Gasteiger partial charge is 0.494 e. The second-order valence-electron chi connectivity index (χ2n) is 5.48. The van der Waals surface area contributed by atoms with Crippen molar-refractivity contribution in [3.8, 4) is 11.5 Å². The summed E-state index contributed by atoms with van der Waals surface area (Å²) < 4.78 is 10.8. The van der Waals surface area contributed by atoms with Crippen molar-refractivity contribution >= 4 is 11.8 Å². The number of hydrazine groups is 1. The van der Waals surface area contributed by atoms with Crippen molar-refractivity contribution in [1.29, 1.82) is 0 Å². The minimum atomic E-state index is -0.447. The van der Waals surface area contributed by atoms with Crippen LogP contribution in [-0.4, -0.2) is 25.0 Å². The lowest BCUT2D eigenvalue weighted by molar-refractivity contribution is -0.123. The topological polar surface area (TPSA) is 76.7 Å². The number of amides is 2. The first-order chi connectivity index (χ1) is 12.1. The number of hydrogen-bond acceptors (Lipinski definition) is 4. The van der Waals surface area contributed by atoms with Crippen molar-refractivity contribution in [3.05, 3.63) is 59.7 Å². The average Bonchev–Trinajstić information content (AvgIpc) is 2.64. The van der Waals surface area contributed by atoms with Gasteiger partial charge in [0.2, 0.25) is 0 Å². The minimum absolute atomic E-state index is 0.187. The molecule has 0 saturated heterocycles. The molecule has 132 valence electrons. The maximum absolute atomic E-state index is 12.0. The summed E-state index contributed by atoms with van der Waals surface area (Å²) in [5.41, 5.74) is 6.19. The highest BCUT2D eigenvalue weighted by Gasteiger charge is 2.08. The van der Waals surface area contributed by atoms with Crippen molar-refractivity contribution in [2.75, 3.05) is 13.2 Å². The van der Waals surface area contributed by atoms with Gasteiger partial charge in [-0.15, -0.1) is 0 Å². The minimum Gasteiger partial charge on any atom is -0.494 e. The molecule has 0 saturated carbocycles. The van der Waals surface area contributed by atoms with Gasteiger partial charge in [-0.1, -0.05) is 24.6 Å². The molecule has 25 heavy (non-hydrogen) atoms. The van der Waals surface area contributed by atoms with E-state index >= 15 is 0 Å². The smallest absolute Gasteiger partial charge is 0.276 e. The van der Waals surface area contributed by atoms with E-state index in [9.17, 15) is 9.59 Å². The standard InChI is InChI=1S/C19H22N2O4/c1-3-12-24-16-10-6-15(7-11-16)19(23)21-20-18(22)13-25-17-8-4-14(2)5-9-17/h4-11H,3,12-13H2,1-2H3,(H,20,22)(H,21,23). The number of hydrogen-bond donors (Lipinski definition) is 2.